The van der Waals surface area contributed by atoms with Crippen LogP contribution in [0.25, 0.3) is 0 Å². The molecule has 0 fully saturated rings. The van der Waals surface area contributed by atoms with Crippen LogP contribution in [-0.4, -0.2) is 0 Å². The van der Waals surface area contributed by atoms with Crippen LogP contribution in [0.1, 0.15) is 67.5 Å². The van der Waals surface area contributed by atoms with Crippen molar-refractivity contribution in [3.63, 3.8) is 0 Å². The minimum Gasteiger partial charge on any atom is -0.0836 e. The Morgan fingerprint density at radius 3 is 2.39 bits per heavy atom. The summed E-state index contributed by atoms with van der Waals surface area (Å²) >= 11 is 3.96. The summed E-state index contributed by atoms with van der Waals surface area (Å²) in [6.07, 6.45) is 9.17. The SMILES string of the molecule is CCCC(CCC)C(Br)c1ccc2c(c1)CCC2. The van der Waals surface area contributed by atoms with Crippen molar-refractivity contribution in [2.24, 2.45) is 5.92 Å². The lowest BCUT2D eigenvalue weighted by Crippen LogP contribution is -2.08. The highest BCUT2D eigenvalue weighted by Gasteiger charge is 2.21. The van der Waals surface area contributed by atoms with Crippen molar-refractivity contribution in [2.75, 3.05) is 0 Å². The van der Waals surface area contributed by atoms with E-state index in [0.717, 1.165) is 5.92 Å². The van der Waals surface area contributed by atoms with Gasteiger partial charge in [0.25, 0.3) is 0 Å². The first-order chi connectivity index (χ1) is 8.76. The Balaban J connectivity index is 2.13. The van der Waals surface area contributed by atoms with E-state index in [9.17, 15) is 0 Å². The van der Waals surface area contributed by atoms with E-state index < -0.39 is 0 Å². The van der Waals surface area contributed by atoms with E-state index >= 15 is 0 Å². The summed E-state index contributed by atoms with van der Waals surface area (Å²) in [5.41, 5.74) is 4.69. The number of aryl methyl sites for hydroxylation is 2. The fourth-order valence-corrected chi connectivity index (χ4v) is 4.03. The fourth-order valence-electron chi connectivity index (χ4n) is 3.21. The molecule has 1 unspecified atom stereocenters. The van der Waals surface area contributed by atoms with Gasteiger partial charge in [-0.2, -0.15) is 0 Å². The van der Waals surface area contributed by atoms with Gasteiger partial charge >= 0.3 is 0 Å². The van der Waals surface area contributed by atoms with Crippen molar-refractivity contribution in [3.05, 3.63) is 34.9 Å². The molecule has 0 radical (unpaired) electrons. The Morgan fingerprint density at radius 1 is 1.06 bits per heavy atom. The van der Waals surface area contributed by atoms with Crippen LogP contribution < -0.4 is 0 Å². The van der Waals surface area contributed by atoms with Crippen LogP contribution >= 0.6 is 15.9 Å². The molecule has 0 heterocycles. The van der Waals surface area contributed by atoms with E-state index in [1.165, 1.54) is 50.5 Å². The van der Waals surface area contributed by atoms with Crippen LogP contribution in [-0.2, 0) is 12.8 Å². The zero-order valence-corrected chi connectivity index (χ0v) is 13.3. The smallest absolute Gasteiger partial charge is 0.0423 e. The summed E-state index contributed by atoms with van der Waals surface area (Å²) in [6.45, 7) is 4.59. The topological polar surface area (TPSA) is 0 Å². The van der Waals surface area contributed by atoms with Gasteiger partial charge < -0.3 is 0 Å². The first-order valence-corrected chi connectivity index (χ1v) is 8.43. The molecule has 0 saturated carbocycles. The maximum atomic E-state index is 3.96. The van der Waals surface area contributed by atoms with Crippen LogP contribution in [0.5, 0.6) is 0 Å². The molecule has 0 N–H and O–H groups in total. The molecular weight excluding hydrogens is 284 g/mol. The molecular formula is C17H25Br. The zero-order chi connectivity index (χ0) is 13.0. The molecule has 1 aliphatic carbocycles. The van der Waals surface area contributed by atoms with E-state index in [1.807, 2.05) is 0 Å². The summed E-state index contributed by atoms with van der Waals surface area (Å²) < 4.78 is 0. The highest BCUT2D eigenvalue weighted by atomic mass is 79.9. The molecule has 2 rings (SSSR count). The molecule has 1 heteroatoms. The number of alkyl halides is 1. The van der Waals surface area contributed by atoms with E-state index in [0.29, 0.717) is 4.83 Å². The van der Waals surface area contributed by atoms with Gasteiger partial charge in [-0.3, -0.25) is 0 Å². The molecule has 0 spiro atoms. The van der Waals surface area contributed by atoms with Crippen LogP contribution in [0, 0.1) is 5.92 Å². The van der Waals surface area contributed by atoms with Gasteiger partial charge in [0.2, 0.25) is 0 Å². The summed E-state index contributed by atoms with van der Waals surface area (Å²) in [6, 6.07) is 7.17. The van der Waals surface area contributed by atoms with Gasteiger partial charge in [-0.05, 0) is 54.7 Å². The monoisotopic (exact) mass is 308 g/mol. The number of benzene rings is 1. The Hall–Kier alpha value is -0.300. The fraction of sp³-hybridized carbons (Fsp3) is 0.647. The third-order valence-corrected chi connectivity index (χ3v) is 5.45. The van der Waals surface area contributed by atoms with Crippen molar-refractivity contribution < 1.29 is 0 Å². The first-order valence-electron chi connectivity index (χ1n) is 7.52. The van der Waals surface area contributed by atoms with Crippen molar-refractivity contribution in [1.29, 1.82) is 0 Å². The Bertz CT molecular complexity index is 377. The maximum absolute atomic E-state index is 3.96. The Morgan fingerprint density at radius 2 is 1.72 bits per heavy atom. The second kappa shape index (κ2) is 6.75. The molecule has 1 atom stereocenters. The van der Waals surface area contributed by atoms with Gasteiger partial charge in [0.05, 0.1) is 0 Å². The minimum absolute atomic E-state index is 0.545. The zero-order valence-electron chi connectivity index (χ0n) is 11.7. The predicted molar refractivity (Wildman–Crippen MR) is 83.4 cm³/mol. The third-order valence-electron chi connectivity index (χ3n) is 4.17. The lowest BCUT2D eigenvalue weighted by molar-refractivity contribution is 0.435. The Kier molecular flexibility index (Phi) is 5.29. The number of hydrogen-bond donors (Lipinski definition) is 0. The highest BCUT2D eigenvalue weighted by Crippen LogP contribution is 2.38. The van der Waals surface area contributed by atoms with Gasteiger partial charge in [0, 0.05) is 4.83 Å². The van der Waals surface area contributed by atoms with E-state index in [2.05, 4.69) is 48.0 Å². The van der Waals surface area contributed by atoms with Crippen molar-refractivity contribution in [2.45, 2.75) is 63.6 Å². The average Bonchev–Trinajstić information content (AvgIpc) is 2.84. The number of hydrogen-bond acceptors (Lipinski definition) is 0. The quantitative estimate of drug-likeness (QED) is 0.580. The number of fused-ring (bicyclic) bond motifs is 1. The van der Waals surface area contributed by atoms with E-state index in [-0.39, 0.29) is 0 Å². The van der Waals surface area contributed by atoms with Gasteiger partial charge in [0.15, 0.2) is 0 Å². The van der Waals surface area contributed by atoms with Gasteiger partial charge in [-0.25, -0.2) is 0 Å². The van der Waals surface area contributed by atoms with Crippen LogP contribution in [0.2, 0.25) is 0 Å². The average molecular weight is 309 g/mol. The molecule has 0 nitrogen and oxygen atoms in total. The van der Waals surface area contributed by atoms with Crippen LogP contribution in [0.15, 0.2) is 18.2 Å². The molecule has 0 amide bonds. The lowest BCUT2D eigenvalue weighted by Gasteiger charge is -2.22. The molecule has 18 heavy (non-hydrogen) atoms. The summed E-state index contributed by atoms with van der Waals surface area (Å²) in [4.78, 5) is 0.545. The largest absolute Gasteiger partial charge is 0.0836 e. The summed E-state index contributed by atoms with van der Waals surface area (Å²) in [7, 11) is 0. The van der Waals surface area contributed by atoms with E-state index in [1.54, 1.807) is 11.1 Å². The molecule has 1 aromatic rings. The van der Waals surface area contributed by atoms with Gasteiger partial charge in [-0.15, -0.1) is 0 Å². The van der Waals surface area contributed by atoms with E-state index in [4.69, 9.17) is 0 Å². The molecule has 0 saturated heterocycles. The molecule has 1 aliphatic rings. The van der Waals surface area contributed by atoms with Crippen molar-refractivity contribution in [1.82, 2.24) is 0 Å². The van der Waals surface area contributed by atoms with Crippen LogP contribution in [0.3, 0.4) is 0 Å². The second-order valence-electron chi connectivity index (χ2n) is 5.62. The minimum atomic E-state index is 0.545. The third kappa shape index (κ3) is 3.17. The Labute approximate surface area is 120 Å². The van der Waals surface area contributed by atoms with Gasteiger partial charge in [0.1, 0.15) is 0 Å². The molecule has 0 bridgehead atoms. The van der Waals surface area contributed by atoms with Crippen molar-refractivity contribution >= 4 is 15.9 Å². The molecule has 0 aromatic heterocycles. The highest BCUT2D eigenvalue weighted by molar-refractivity contribution is 9.09. The number of rotatable bonds is 6. The van der Waals surface area contributed by atoms with Gasteiger partial charge in [-0.1, -0.05) is 60.8 Å². The maximum Gasteiger partial charge on any atom is 0.0423 e. The molecule has 1 aromatic carbocycles. The molecule has 0 aliphatic heterocycles. The molecule has 100 valence electrons. The normalized spacial score (nSPS) is 16.0. The first kappa shape index (κ1) is 14.1. The summed E-state index contributed by atoms with van der Waals surface area (Å²) in [5.74, 6) is 0.791. The van der Waals surface area contributed by atoms with Crippen molar-refractivity contribution in [3.8, 4) is 0 Å². The standard InChI is InChI=1S/C17H25Br/c1-3-6-14(7-4-2)17(18)16-11-10-13-8-5-9-15(13)12-16/h10-12,14,17H,3-9H2,1-2H3. The summed E-state index contributed by atoms with van der Waals surface area (Å²) in [5, 5.41) is 0. The van der Waals surface area contributed by atoms with Crippen LogP contribution in [0.4, 0.5) is 0 Å². The lowest BCUT2D eigenvalue weighted by atomic mass is 9.90. The second-order valence-corrected chi connectivity index (χ2v) is 6.61. The predicted octanol–water partition coefficient (Wildman–Crippen LogP) is 5.83. The number of halogens is 1.